The molecule has 0 bridgehead atoms. The van der Waals surface area contributed by atoms with E-state index in [0.717, 1.165) is 18.2 Å². The van der Waals surface area contributed by atoms with Gasteiger partial charge in [0.25, 0.3) is 5.91 Å². The van der Waals surface area contributed by atoms with E-state index in [0.29, 0.717) is 4.47 Å². The summed E-state index contributed by atoms with van der Waals surface area (Å²) in [5.74, 6) is -2.54. The van der Waals surface area contributed by atoms with Crippen molar-refractivity contribution in [2.75, 3.05) is 11.1 Å². The molecule has 0 saturated heterocycles. The number of anilines is 2. The molecule has 108 valence electrons. The van der Waals surface area contributed by atoms with Crippen molar-refractivity contribution in [3.8, 4) is 0 Å². The summed E-state index contributed by atoms with van der Waals surface area (Å²) in [7, 11) is 0. The molecule has 0 saturated carbocycles. The van der Waals surface area contributed by atoms with Crippen LogP contribution in [0.2, 0.25) is 0 Å². The Labute approximate surface area is 127 Å². The van der Waals surface area contributed by atoms with E-state index in [2.05, 4.69) is 21.2 Å². The van der Waals surface area contributed by atoms with Gasteiger partial charge in [-0.25, -0.2) is 9.18 Å². The summed E-state index contributed by atoms with van der Waals surface area (Å²) in [6.07, 6.45) is 0. The molecule has 1 amide bonds. The third-order valence-corrected chi connectivity index (χ3v) is 3.21. The minimum absolute atomic E-state index is 0.130. The number of aromatic carboxylic acids is 1. The lowest BCUT2D eigenvalue weighted by Crippen LogP contribution is -2.16. The van der Waals surface area contributed by atoms with Crippen molar-refractivity contribution < 1.29 is 19.1 Å². The Balaban J connectivity index is 2.35. The molecule has 4 N–H and O–H groups in total. The topological polar surface area (TPSA) is 92.4 Å². The summed E-state index contributed by atoms with van der Waals surface area (Å²) in [6, 6.07) is 7.67. The molecular weight excluding hydrogens is 343 g/mol. The second kappa shape index (κ2) is 5.92. The molecular formula is C14H10BrFN2O3. The summed E-state index contributed by atoms with van der Waals surface area (Å²) >= 11 is 3.21. The zero-order valence-electron chi connectivity index (χ0n) is 10.6. The van der Waals surface area contributed by atoms with Gasteiger partial charge in [0.05, 0.1) is 16.8 Å². The van der Waals surface area contributed by atoms with Gasteiger partial charge < -0.3 is 16.2 Å². The number of carbonyl (C=O) groups excluding carboxylic acids is 1. The Morgan fingerprint density at radius 2 is 1.81 bits per heavy atom. The lowest BCUT2D eigenvalue weighted by atomic mass is 10.1. The molecule has 0 spiro atoms. The monoisotopic (exact) mass is 352 g/mol. The van der Waals surface area contributed by atoms with Crippen LogP contribution >= 0.6 is 15.9 Å². The number of hydrogen-bond acceptors (Lipinski definition) is 3. The molecule has 7 heteroatoms. The smallest absolute Gasteiger partial charge is 0.337 e. The lowest BCUT2D eigenvalue weighted by molar-refractivity contribution is 0.0698. The van der Waals surface area contributed by atoms with Crippen molar-refractivity contribution in [2.24, 2.45) is 0 Å². The van der Waals surface area contributed by atoms with E-state index < -0.39 is 17.7 Å². The van der Waals surface area contributed by atoms with E-state index in [1.54, 1.807) is 12.1 Å². The highest BCUT2D eigenvalue weighted by atomic mass is 79.9. The number of halogens is 2. The fourth-order valence-corrected chi connectivity index (χ4v) is 2.12. The Morgan fingerprint density at radius 3 is 2.43 bits per heavy atom. The van der Waals surface area contributed by atoms with E-state index >= 15 is 0 Å². The molecule has 21 heavy (non-hydrogen) atoms. The summed E-state index contributed by atoms with van der Waals surface area (Å²) < 4.78 is 13.9. The predicted molar refractivity (Wildman–Crippen MR) is 79.9 cm³/mol. The van der Waals surface area contributed by atoms with Crippen LogP contribution in [0, 0.1) is 5.82 Å². The van der Waals surface area contributed by atoms with Gasteiger partial charge in [0, 0.05) is 10.2 Å². The van der Waals surface area contributed by atoms with Crippen LogP contribution in [-0.2, 0) is 0 Å². The second-order valence-corrected chi connectivity index (χ2v) is 5.10. The minimum Gasteiger partial charge on any atom is -0.478 e. The van der Waals surface area contributed by atoms with Crippen LogP contribution < -0.4 is 11.1 Å². The first-order valence-corrected chi connectivity index (χ1v) is 6.57. The SMILES string of the molecule is Nc1cc(Br)ccc1C(=O)Nc1cc(F)ccc1C(=O)O. The van der Waals surface area contributed by atoms with Gasteiger partial charge in [-0.1, -0.05) is 15.9 Å². The summed E-state index contributed by atoms with van der Waals surface area (Å²) in [5.41, 5.74) is 5.77. The molecule has 5 nitrogen and oxygen atoms in total. The average Bonchev–Trinajstić information content (AvgIpc) is 2.37. The van der Waals surface area contributed by atoms with Crippen LogP contribution in [0.1, 0.15) is 20.7 Å². The molecule has 2 aromatic rings. The first kappa shape index (κ1) is 15.0. The molecule has 0 heterocycles. The number of hydrogen-bond donors (Lipinski definition) is 3. The van der Waals surface area contributed by atoms with Crippen LogP contribution in [-0.4, -0.2) is 17.0 Å². The molecule has 0 aliphatic rings. The van der Waals surface area contributed by atoms with Crippen molar-refractivity contribution in [2.45, 2.75) is 0 Å². The van der Waals surface area contributed by atoms with E-state index in [1.807, 2.05) is 0 Å². The van der Waals surface area contributed by atoms with Crippen molar-refractivity contribution in [1.29, 1.82) is 0 Å². The fourth-order valence-electron chi connectivity index (χ4n) is 1.74. The number of nitrogen functional groups attached to an aromatic ring is 1. The Morgan fingerprint density at radius 1 is 1.14 bits per heavy atom. The van der Waals surface area contributed by atoms with Gasteiger partial charge in [-0.3, -0.25) is 4.79 Å². The van der Waals surface area contributed by atoms with Crippen LogP contribution in [0.15, 0.2) is 40.9 Å². The summed E-state index contributed by atoms with van der Waals surface area (Å²) in [4.78, 5) is 23.2. The van der Waals surface area contributed by atoms with Crippen LogP contribution in [0.5, 0.6) is 0 Å². The maximum atomic E-state index is 13.2. The van der Waals surface area contributed by atoms with Crippen LogP contribution in [0.3, 0.4) is 0 Å². The number of nitrogens with two attached hydrogens (primary N) is 1. The Kier molecular flexibility index (Phi) is 4.23. The zero-order valence-corrected chi connectivity index (χ0v) is 12.1. The highest BCUT2D eigenvalue weighted by molar-refractivity contribution is 9.10. The van der Waals surface area contributed by atoms with Gasteiger partial charge in [-0.15, -0.1) is 0 Å². The quantitative estimate of drug-likeness (QED) is 0.740. The zero-order chi connectivity index (χ0) is 15.6. The normalized spacial score (nSPS) is 10.2. The maximum absolute atomic E-state index is 13.2. The van der Waals surface area contributed by atoms with Crippen molar-refractivity contribution in [1.82, 2.24) is 0 Å². The molecule has 0 aliphatic carbocycles. The number of benzene rings is 2. The predicted octanol–water partition coefficient (Wildman–Crippen LogP) is 3.12. The van der Waals surface area contributed by atoms with Gasteiger partial charge >= 0.3 is 5.97 Å². The first-order chi connectivity index (χ1) is 9.88. The third-order valence-electron chi connectivity index (χ3n) is 2.72. The largest absolute Gasteiger partial charge is 0.478 e. The van der Waals surface area contributed by atoms with Crippen molar-refractivity contribution >= 4 is 39.2 Å². The van der Waals surface area contributed by atoms with Gasteiger partial charge in [-0.2, -0.15) is 0 Å². The highest BCUT2D eigenvalue weighted by Crippen LogP contribution is 2.22. The van der Waals surface area contributed by atoms with Crippen molar-refractivity contribution in [3.63, 3.8) is 0 Å². The van der Waals surface area contributed by atoms with Gasteiger partial charge in [0.2, 0.25) is 0 Å². The minimum atomic E-state index is -1.27. The molecule has 0 aromatic heterocycles. The number of amides is 1. The van der Waals surface area contributed by atoms with Gasteiger partial charge in [-0.05, 0) is 36.4 Å². The number of carbonyl (C=O) groups is 2. The number of carboxylic acid groups (broad SMARTS) is 1. The molecule has 0 aliphatic heterocycles. The van der Waals surface area contributed by atoms with E-state index in [4.69, 9.17) is 10.8 Å². The van der Waals surface area contributed by atoms with Gasteiger partial charge in [0.1, 0.15) is 5.82 Å². The van der Waals surface area contributed by atoms with E-state index in [-0.39, 0.29) is 22.5 Å². The summed E-state index contributed by atoms with van der Waals surface area (Å²) in [6.45, 7) is 0. The number of rotatable bonds is 3. The van der Waals surface area contributed by atoms with Gasteiger partial charge in [0.15, 0.2) is 0 Å². The Hall–Kier alpha value is -2.41. The summed E-state index contributed by atoms with van der Waals surface area (Å²) in [5, 5.41) is 11.4. The van der Waals surface area contributed by atoms with Crippen LogP contribution in [0.25, 0.3) is 0 Å². The molecule has 2 rings (SSSR count). The lowest BCUT2D eigenvalue weighted by Gasteiger charge is -2.10. The molecule has 2 aromatic carbocycles. The molecule has 0 unspecified atom stereocenters. The second-order valence-electron chi connectivity index (χ2n) is 4.18. The van der Waals surface area contributed by atoms with E-state index in [1.165, 1.54) is 6.07 Å². The number of carboxylic acids is 1. The fraction of sp³-hybridized carbons (Fsp3) is 0. The van der Waals surface area contributed by atoms with E-state index in [9.17, 15) is 14.0 Å². The maximum Gasteiger partial charge on any atom is 0.337 e. The highest BCUT2D eigenvalue weighted by Gasteiger charge is 2.16. The average molecular weight is 353 g/mol. The first-order valence-electron chi connectivity index (χ1n) is 5.77. The molecule has 0 fully saturated rings. The number of nitrogens with one attached hydrogen (secondary N) is 1. The molecule has 0 radical (unpaired) electrons. The van der Waals surface area contributed by atoms with Crippen molar-refractivity contribution in [3.05, 3.63) is 57.8 Å². The molecule has 0 atom stereocenters. The Bertz CT molecular complexity index is 734. The van der Waals surface area contributed by atoms with Crippen LogP contribution in [0.4, 0.5) is 15.8 Å². The standard InChI is InChI=1S/C14H10BrFN2O3/c15-7-1-3-9(11(17)5-7)13(19)18-12-6-8(16)2-4-10(12)14(20)21/h1-6H,17H2,(H,18,19)(H,20,21). The third kappa shape index (κ3) is 3.38.